The molecule has 0 aliphatic heterocycles. The topological polar surface area (TPSA) is 49.4 Å². The van der Waals surface area contributed by atoms with Gasteiger partial charge in [-0.25, -0.2) is 4.39 Å². The second-order valence-corrected chi connectivity index (χ2v) is 6.10. The van der Waals surface area contributed by atoms with Gasteiger partial charge in [0.2, 0.25) is 11.8 Å². The first-order valence-corrected chi connectivity index (χ1v) is 8.90. The van der Waals surface area contributed by atoms with Crippen molar-refractivity contribution >= 4 is 23.2 Å². The van der Waals surface area contributed by atoms with Crippen molar-refractivity contribution in [3.8, 4) is 0 Å². The van der Waals surface area contributed by atoms with Gasteiger partial charge in [-0.2, -0.15) is 0 Å². The summed E-state index contributed by atoms with van der Waals surface area (Å²) < 4.78 is 13.1. The maximum Gasteiger partial charge on any atom is 0.226 e. The number of halogens is 1. The van der Waals surface area contributed by atoms with E-state index in [0.29, 0.717) is 5.69 Å². The van der Waals surface area contributed by atoms with Crippen LogP contribution in [0.5, 0.6) is 0 Å². The van der Waals surface area contributed by atoms with Crippen molar-refractivity contribution in [2.45, 2.75) is 40.0 Å². The number of hydrogen-bond acceptors (Lipinski definition) is 2. The Morgan fingerprint density at radius 2 is 1.58 bits per heavy atom. The molecule has 0 aromatic heterocycles. The van der Waals surface area contributed by atoms with E-state index in [9.17, 15) is 14.0 Å². The first-order chi connectivity index (χ1) is 12.5. The fourth-order valence-electron chi connectivity index (χ4n) is 2.91. The summed E-state index contributed by atoms with van der Waals surface area (Å²) in [6.45, 7) is 5.78. The molecule has 0 aliphatic carbocycles. The van der Waals surface area contributed by atoms with Crippen LogP contribution < -0.4 is 10.2 Å². The highest BCUT2D eigenvalue weighted by Crippen LogP contribution is 2.23. The Labute approximate surface area is 154 Å². The second kappa shape index (κ2) is 9.13. The standard InChI is InChI=1S/C21H25FN2O2/c1-4-16-7-6-8-17(5-2)21(16)23-20(26)13-14-24(15(3)25)19-11-9-18(22)10-12-19/h6-12H,4-5,13-14H2,1-3H3,(H,23,26). The molecule has 5 heteroatoms. The molecule has 0 saturated heterocycles. The summed E-state index contributed by atoms with van der Waals surface area (Å²) in [5, 5.41) is 3.00. The Hall–Kier alpha value is -2.69. The van der Waals surface area contributed by atoms with E-state index in [1.54, 1.807) is 0 Å². The van der Waals surface area contributed by atoms with Gasteiger partial charge in [0.15, 0.2) is 0 Å². The Kier molecular flexibility index (Phi) is 6.89. The summed E-state index contributed by atoms with van der Waals surface area (Å²) in [6, 6.07) is 11.7. The van der Waals surface area contributed by atoms with Crippen molar-refractivity contribution < 1.29 is 14.0 Å². The normalized spacial score (nSPS) is 10.5. The van der Waals surface area contributed by atoms with Crippen molar-refractivity contribution in [2.24, 2.45) is 0 Å². The predicted molar refractivity (Wildman–Crippen MR) is 103 cm³/mol. The molecule has 138 valence electrons. The average Bonchev–Trinajstić information content (AvgIpc) is 2.63. The fraction of sp³-hybridized carbons (Fsp3) is 0.333. The van der Waals surface area contributed by atoms with Crippen LogP contribution in [0, 0.1) is 5.82 Å². The van der Waals surface area contributed by atoms with E-state index >= 15 is 0 Å². The van der Waals surface area contributed by atoms with Crippen molar-refractivity contribution in [3.63, 3.8) is 0 Å². The van der Waals surface area contributed by atoms with Gasteiger partial charge in [-0.15, -0.1) is 0 Å². The third-order valence-electron chi connectivity index (χ3n) is 4.34. The van der Waals surface area contributed by atoms with E-state index in [-0.39, 0.29) is 30.6 Å². The van der Waals surface area contributed by atoms with Crippen molar-refractivity contribution in [1.29, 1.82) is 0 Å². The van der Waals surface area contributed by atoms with E-state index in [4.69, 9.17) is 0 Å². The van der Waals surface area contributed by atoms with Crippen molar-refractivity contribution in [1.82, 2.24) is 0 Å². The molecule has 0 fully saturated rings. The van der Waals surface area contributed by atoms with E-state index in [1.807, 2.05) is 18.2 Å². The average molecular weight is 356 g/mol. The molecule has 4 nitrogen and oxygen atoms in total. The van der Waals surface area contributed by atoms with E-state index in [2.05, 4.69) is 19.2 Å². The smallest absolute Gasteiger partial charge is 0.226 e. The molecule has 2 amide bonds. The maximum atomic E-state index is 13.1. The van der Waals surface area contributed by atoms with Crippen LogP contribution in [0.1, 0.15) is 38.3 Å². The van der Waals surface area contributed by atoms with Gasteiger partial charge in [0.1, 0.15) is 5.82 Å². The van der Waals surface area contributed by atoms with Gasteiger partial charge >= 0.3 is 0 Å². The maximum absolute atomic E-state index is 13.1. The molecule has 0 heterocycles. The number of para-hydroxylation sites is 1. The summed E-state index contributed by atoms with van der Waals surface area (Å²) in [5.74, 6) is -0.695. The Morgan fingerprint density at radius 1 is 1.00 bits per heavy atom. The zero-order chi connectivity index (χ0) is 19.1. The molecule has 0 saturated carbocycles. The first kappa shape index (κ1) is 19.6. The molecule has 2 rings (SSSR count). The van der Waals surface area contributed by atoms with Crippen LogP contribution in [0.25, 0.3) is 0 Å². The summed E-state index contributed by atoms with van der Waals surface area (Å²) in [7, 11) is 0. The molecule has 2 aromatic rings. The number of benzene rings is 2. The Morgan fingerprint density at radius 3 is 2.08 bits per heavy atom. The Bertz CT molecular complexity index is 750. The lowest BCUT2D eigenvalue weighted by molar-refractivity contribution is -0.117. The van der Waals surface area contributed by atoms with Crippen LogP contribution in [-0.2, 0) is 22.4 Å². The molecular formula is C21H25FN2O2. The van der Waals surface area contributed by atoms with E-state index in [1.165, 1.54) is 36.1 Å². The molecule has 0 atom stereocenters. The van der Waals surface area contributed by atoms with Gasteiger partial charge in [-0.1, -0.05) is 32.0 Å². The molecule has 0 spiro atoms. The lowest BCUT2D eigenvalue weighted by Gasteiger charge is -2.21. The van der Waals surface area contributed by atoms with Gasteiger partial charge < -0.3 is 10.2 Å². The second-order valence-electron chi connectivity index (χ2n) is 6.10. The highest BCUT2D eigenvalue weighted by Gasteiger charge is 2.15. The zero-order valence-electron chi connectivity index (χ0n) is 15.5. The third kappa shape index (κ3) is 4.91. The van der Waals surface area contributed by atoms with Crippen molar-refractivity contribution in [3.05, 3.63) is 59.4 Å². The number of anilines is 2. The minimum atomic E-state index is -0.363. The molecule has 2 aromatic carbocycles. The number of carbonyl (C=O) groups is 2. The molecule has 0 bridgehead atoms. The van der Waals surface area contributed by atoms with Crippen LogP contribution in [0.3, 0.4) is 0 Å². The summed E-state index contributed by atoms with van der Waals surface area (Å²) >= 11 is 0. The van der Waals surface area contributed by atoms with E-state index < -0.39 is 0 Å². The molecule has 0 radical (unpaired) electrons. The number of aryl methyl sites for hydroxylation is 2. The van der Waals surface area contributed by atoms with E-state index in [0.717, 1.165) is 29.7 Å². The highest BCUT2D eigenvalue weighted by molar-refractivity contribution is 5.95. The number of hydrogen-bond donors (Lipinski definition) is 1. The minimum absolute atomic E-state index is 0.144. The monoisotopic (exact) mass is 356 g/mol. The lowest BCUT2D eigenvalue weighted by atomic mass is 10.0. The van der Waals surface area contributed by atoms with Gasteiger partial charge in [0, 0.05) is 31.3 Å². The largest absolute Gasteiger partial charge is 0.326 e. The van der Waals surface area contributed by atoms with Gasteiger partial charge in [-0.3, -0.25) is 9.59 Å². The molecule has 1 N–H and O–H groups in total. The zero-order valence-corrected chi connectivity index (χ0v) is 15.5. The van der Waals surface area contributed by atoms with Gasteiger partial charge in [0.05, 0.1) is 0 Å². The number of carbonyl (C=O) groups excluding carboxylic acids is 2. The fourth-order valence-corrected chi connectivity index (χ4v) is 2.91. The molecule has 0 unspecified atom stereocenters. The number of amides is 2. The quantitative estimate of drug-likeness (QED) is 0.803. The number of rotatable bonds is 7. The van der Waals surface area contributed by atoms with Gasteiger partial charge in [-0.05, 0) is 48.2 Å². The number of nitrogens with one attached hydrogen (secondary N) is 1. The summed E-state index contributed by atoms with van der Waals surface area (Å²) in [6.07, 6.45) is 1.83. The minimum Gasteiger partial charge on any atom is -0.326 e. The Balaban J connectivity index is 2.07. The van der Waals surface area contributed by atoms with Crippen LogP contribution in [-0.4, -0.2) is 18.4 Å². The molecular weight excluding hydrogens is 331 g/mol. The third-order valence-corrected chi connectivity index (χ3v) is 4.34. The SMILES string of the molecule is CCc1cccc(CC)c1NC(=O)CCN(C(C)=O)c1ccc(F)cc1. The highest BCUT2D eigenvalue weighted by atomic mass is 19.1. The van der Waals surface area contributed by atoms with Gasteiger partial charge in [0.25, 0.3) is 0 Å². The van der Waals surface area contributed by atoms with Crippen molar-refractivity contribution in [2.75, 3.05) is 16.8 Å². The molecule has 26 heavy (non-hydrogen) atoms. The summed E-state index contributed by atoms with van der Waals surface area (Å²) in [5.41, 5.74) is 3.65. The summed E-state index contributed by atoms with van der Waals surface area (Å²) in [4.78, 5) is 25.8. The first-order valence-electron chi connectivity index (χ1n) is 8.90. The lowest BCUT2D eigenvalue weighted by Crippen LogP contribution is -2.32. The van der Waals surface area contributed by atoms with Crippen LogP contribution in [0.15, 0.2) is 42.5 Å². The van der Waals surface area contributed by atoms with Crippen LogP contribution in [0.2, 0.25) is 0 Å². The number of nitrogens with zero attached hydrogens (tertiary/aromatic N) is 1. The molecule has 0 aliphatic rings. The predicted octanol–water partition coefficient (Wildman–Crippen LogP) is 4.33. The van der Waals surface area contributed by atoms with Crippen LogP contribution >= 0.6 is 0 Å². The van der Waals surface area contributed by atoms with Crippen LogP contribution in [0.4, 0.5) is 15.8 Å².